The lowest BCUT2D eigenvalue weighted by molar-refractivity contribution is 0.589. The maximum absolute atomic E-state index is 15.7. The van der Waals surface area contributed by atoms with Crippen LogP contribution in [0.4, 0.5) is 0 Å². The van der Waals surface area contributed by atoms with Gasteiger partial charge >= 0.3 is 0 Å². The van der Waals surface area contributed by atoms with Crippen LogP contribution < -0.4 is 10.6 Å². The highest BCUT2D eigenvalue weighted by molar-refractivity contribution is 7.82. The van der Waals surface area contributed by atoms with Crippen LogP contribution in [0.1, 0.15) is 12.8 Å². The van der Waals surface area contributed by atoms with Crippen molar-refractivity contribution in [2.75, 3.05) is 0 Å². The van der Waals surface area contributed by atoms with Gasteiger partial charge in [-0.15, -0.1) is 0 Å². The number of rotatable bonds is 4. The molecule has 0 fully saturated rings. The molecule has 9 rings (SSSR count). The van der Waals surface area contributed by atoms with Crippen LogP contribution in [0.15, 0.2) is 157 Å². The van der Waals surface area contributed by atoms with E-state index in [1.807, 2.05) is 36.4 Å². The fourth-order valence-electron chi connectivity index (χ4n) is 7.25. The van der Waals surface area contributed by atoms with Crippen LogP contribution in [-0.4, -0.2) is 9.38 Å². The van der Waals surface area contributed by atoms with Crippen molar-refractivity contribution >= 4 is 66.9 Å². The Labute approximate surface area is 261 Å². The van der Waals surface area contributed by atoms with Crippen molar-refractivity contribution in [2.45, 2.75) is 12.8 Å². The number of benzene rings is 6. The second kappa shape index (κ2) is 10.2. The molecule has 3 nitrogen and oxygen atoms in total. The minimum Gasteiger partial charge on any atom is -0.309 e. The Morgan fingerprint density at radius 3 is 2.29 bits per heavy atom. The van der Waals surface area contributed by atoms with E-state index in [-0.39, 0.29) is 0 Å². The van der Waals surface area contributed by atoms with Crippen LogP contribution in [0.25, 0.3) is 60.3 Å². The zero-order chi connectivity index (χ0) is 30.0. The lowest BCUT2D eigenvalue weighted by Crippen LogP contribution is -2.19. The molecule has 0 N–H and O–H groups in total. The Kier molecular flexibility index (Phi) is 5.91. The van der Waals surface area contributed by atoms with Crippen LogP contribution in [0.2, 0.25) is 0 Å². The van der Waals surface area contributed by atoms with Gasteiger partial charge in [0.2, 0.25) is 0 Å². The van der Waals surface area contributed by atoms with Crippen LogP contribution in [0.5, 0.6) is 0 Å². The summed E-state index contributed by atoms with van der Waals surface area (Å²) in [5.41, 5.74) is 6.38. The zero-order valence-corrected chi connectivity index (χ0v) is 25.5. The van der Waals surface area contributed by atoms with Gasteiger partial charge in [0.1, 0.15) is 5.65 Å². The molecule has 1 aliphatic carbocycles. The average molecular weight is 597 g/mol. The van der Waals surface area contributed by atoms with Crippen molar-refractivity contribution < 1.29 is 4.57 Å². The number of hydrogen-bond acceptors (Lipinski definition) is 2. The fraction of sp³-hybridized carbons (Fsp3) is 0.0488. The summed E-state index contributed by atoms with van der Waals surface area (Å²) in [6.07, 6.45) is 8.00. The van der Waals surface area contributed by atoms with E-state index in [2.05, 4.69) is 120 Å². The Morgan fingerprint density at radius 2 is 1.44 bits per heavy atom. The largest absolute Gasteiger partial charge is 0.309 e. The van der Waals surface area contributed by atoms with Crippen molar-refractivity contribution in [3.8, 4) is 11.1 Å². The zero-order valence-electron chi connectivity index (χ0n) is 24.6. The minimum absolute atomic E-state index is 0.790. The highest BCUT2D eigenvalue weighted by atomic mass is 31.2. The van der Waals surface area contributed by atoms with Crippen molar-refractivity contribution in [3.63, 3.8) is 0 Å². The topological polar surface area (TPSA) is 34.4 Å². The molecule has 1 unspecified atom stereocenters. The number of allylic oxidation sites excluding steroid dienone is 4. The quantitative estimate of drug-likeness (QED) is 0.150. The van der Waals surface area contributed by atoms with Crippen LogP contribution in [0.3, 0.4) is 0 Å². The maximum Gasteiger partial charge on any atom is 0.167 e. The molecule has 214 valence electrons. The van der Waals surface area contributed by atoms with Gasteiger partial charge in [-0.1, -0.05) is 121 Å². The Balaban J connectivity index is 1.36. The molecule has 0 aliphatic heterocycles. The third-order valence-electron chi connectivity index (χ3n) is 9.31. The molecule has 0 radical (unpaired) electrons. The summed E-state index contributed by atoms with van der Waals surface area (Å²) in [4.78, 5) is 5.09. The number of para-hydroxylation sites is 3. The molecule has 2 aromatic heterocycles. The number of pyridine rings is 1. The lowest BCUT2D eigenvalue weighted by atomic mass is 9.95. The number of imidazole rings is 1. The Bertz CT molecular complexity index is 2570. The predicted molar refractivity (Wildman–Crippen MR) is 190 cm³/mol. The molecule has 2 heterocycles. The van der Waals surface area contributed by atoms with Gasteiger partial charge in [0.15, 0.2) is 7.14 Å². The third-order valence-corrected chi connectivity index (χ3v) is 12.6. The van der Waals surface area contributed by atoms with E-state index in [1.165, 1.54) is 5.39 Å². The minimum atomic E-state index is -3.13. The second-order valence-electron chi connectivity index (χ2n) is 11.8. The number of nitrogens with zero attached hydrogens (tertiary/aromatic N) is 2. The van der Waals surface area contributed by atoms with E-state index < -0.39 is 7.14 Å². The summed E-state index contributed by atoms with van der Waals surface area (Å²) >= 11 is 0. The SMILES string of the molecule is O=P(C1=CC=CCC1)(c1ccccc1)c1cccc2cccc(-c3ccc4c(c3)c3ccccc3n3c5ccccc5nc43)c12. The first-order valence-corrected chi connectivity index (χ1v) is 17.2. The number of aromatic nitrogens is 2. The summed E-state index contributed by atoms with van der Waals surface area (Å²) in [5, 5.41) is 8.40. The van der Waals surface area contributed by atoms with Gasteiger partial charge in [-0.25, -0.2) is 4.98 Å². The summed E-state index contributed by atoms with van der Waals surface area (Å²) in [6, 6.07) is 46.5. The maximum atomic E-state index is 15.7. The molecule has 0 saturated carbocycles. The van der Waals surface area contributed by atoms with Gasteiger partial charge in [-0.3, -0.25) is 4.40 Å². The van der Waals surface area contributed by atoms with Gasteiger partial charge < -0.3 is 4.57 Å². The molecule has 0 saturated heterocycles. The normalized spacial score (nSPS) is 14.8. The molecule has 4 heteroatoms. The second-order valence-corrected chi connectivity index (χ2v) is 14.6. The molecular weight excluding hydrogens is 567 g/mol. The summed E-state index contributed by atoms with van der Waals surface area (Å²) < 4.78 is 18.0. The number of hydrogen-bond donors (Lipinski definition) is 0. The molecular formula is C41H29N2OP. The fourth-order valence-corrected chi connectivity index (χ4v) is 10.4. The predicted octanol–water partition coefficient (Wildman–Crippen LogP) is 10.2. The van der Waals surface area contributed by atoms with Crippen molar-refractivity contribution in [1.82, 2.24) is 9.38 Å². The monoisotopic (exact) mass is 596 g/mol. The smallest absolute Gasteiger partial charge is 0.167 e. The Hall–Kier alpha value is -5.24. The van der Waals surface area contributed by atoms with E-state index >= 15 is 4.57 Å². The standard InChI is InChI=1S/C41H29N2OP/c44-45(30-15-3-1-4-16-30,31-17-5-2-6-18-31)39-24-12-14-28-13-11-20-32(40(28)39)29-25-26-34-35(27-29)33-19-7-9-22-37(33)43-38-23-10-8-21-36(38)42-41(34)43/h1-5,7-17,19-27H,6,18H2. The first kappa shape index (κ1) is 26.2. The van der Waals surface area contributed by atoms with Gasteiger partial charge in [0.25, 0.3) is 0 Å². The molecule has 0 bridgehead atoms. The van der Waals surface area contributed by atoms with Crippen LogP contribution in [-0.2, 0) is 4.57 Å². The summed E-state index contributed by atoms with van der Waals surface area (Å²) in [7, 11) is -3.13. The summed E-state index contributed by atoms with van der Waals surface area (Å²) in [6.45, 7) is 0. The molecule has 0 spiro atoms. The van der Waals surface area contributed by atoms with Gasteiger partial charge in [0.05, 0.1) is 16.6 Å². The summed E-state index contributed by atoms with van der Waals surface area (Å²) in [5.74, 6) is 0. The molecule has 1 aliphatic rings. The highest BCUT2D eigenvalue weighted by Crippen LogP contribution is 2.56. The van der Waals surface area contributed by atoms with E-state index in [1.54, 1.807) is 0 Å². The van der Waals surface area contributed by atoms with E-state index in [9.17, 15) is 0 Å². The van der Waals surface area contributed by atoms with E-state index in [0.29, 0.717) is 0 Å². The first-order valence-electron chi connectivity index (χ1n) is 15.5. The van der Waals surface area contributed by atoms with Gasteiger partial charge in [-0.2, -0.15) is 0 Å². The van der Waals surface area contributed by atoms with E-state index in [0.717, 1.165) is 83.6 Å². The molecule has 45 heavy (non-hydrogen) atoms. The van der Waals surface area contributed by atoms with Gasteiger partial charge in [0, 0.05) is 26.8 Å². The van der Waals surface area contributed by atoms with Gasteiger partial charge in [-0.05, 0) is 70.4 Å². The molecule has 6 aromatic carbocycles. The van der Waals surface area contributed by atoms with E-state index in [4.69, 9.17) is 4.98 Å². The number of fused-ring (bicyclic) bond motifs is 9. The molecule has 8 aromatic rings. The van der Waals surface area contributed by atoms with Crippen LogP contribution >= 0.6 is 7.14 Å². The average Bonchev–Trinajstić information content (AvgIpc) is 3.51. The third kappa shape index (κ3) is 3.91. The molecule has 0 amide bonds. The van der Waals surface area contributed by atoms with Crippen molar-refractivity contribution in [1.29, 1.82) is 0 Å². The first-order chi connectivity index (χ1) is 22.2. The van der Waals surface area contributed by atoms with Crippen molar-refractivity contribution in [3.05, 3.63) is 157 Å². The molecule has 1 atom stereocenters. The highest BCUT2D eigenvalue weighted by Gasteiger charge is 2.34. The van der Waals surface area contributed by atoms with Crippen LogP contribution in [0, 0.1) is 0 Å². The lowest BCUT2D eigenvalue weighted by Gasteiger charge is -2.26. The van der Waals surface area contributed by atoms with Crippen molar-refractivity contribution in [2.24, 2.45) is 0 Å². The Morgan fingerprint density at radius 1 is 0.667 bits per heavy atom.